The van der Waals surface area contributed by atoms with Gasteiger partial charge >= 0.3 is 5.69 Å². The van der Waals surface area contributed by atoms with Crippen molar-refractivity contribution >= 4 is 16.6 Å². The van der Waals surface area contributed by atoms with Crippen LogP contribution in [0.4, 0.5) is 0 Å². The van der Waals surface area contributed by atoms with E-state index in [0.717, 1.165) is 5.39 Å². The Balaban J connectivity index is 1.90. The van der Waals surface area contributed by atoms with E-state index in [-0.39, 0.29) is 16.9 Å². The number of carbonyl (C=O) groups is 1. The lowest BCUT2D eigenvalue weighted by Gasteiger charge is -2.10. The predicted molar refractivity (Wildman–Crippen MR) is 99.3 cm³/mol. The van der Waals surface area contributed by atoms with Gasteiger partial charge in [0.25, 0.3) is 0 Å². The van der Waals surface area contributed by atoms with Crippen molar-refractivity contribution in [2.75, 3.05) is 0 Å². The normalized spacial score (nSPS) is 10.8. The molecule has 0 bridgehead atoms. The summed E-state index contributed by atoms with van der Waals surface area (Å²) in [6.45, 7) is 0. The molecule has 0 atom stereocenters. The fraction of sp³-hybridized carbons (Fsp3) is 0. The lowest BCUT2D eigenvalue weighted by molar-refractivity contribution is 0.103. The number of benzene rings is 3. The molecule has 0 aliphatic heterocycles. The Morgan fingerprint density at radius 2 is 1.62 bits per heavy atom. The summed E-state index contributed by atoms with van der Waals surface area (Å²) in [6, 6.07) is 19.7. The third-order valence-electron chi connectivity index (χ3n) is 4.26. The highest BCUT2D eigenvalue weighted by molar-refractivity contribution is 6.15. The Hall–Kier alpha value is -3.73. The number of nitrogens with one attached hydrogen (secondary N) is 1. The van der Waals surface area contributed by atoms with E-state index in [2.05, 4.69) is 9.97 Å². The minimum atomic E-state index is -0.539. The molecular weight excluding hydrogens is 328 g/mol. The quantitative estimate of drug-likeness (QED) is 0.558. The van der Waals surface area contributed by atoms with Crippen LogP contribution in [-0.2, 0) is 0 Å². The molecule has 0 unspecified atom stereocenters. The van der Waals surface area contributed by atoms with Crippen molar-refractivity contribution in [2.24, 2.45) is 0 Å². The smallest absolute Gasteiger partial charge is 0.345 e. The standard InChI is InChI=1S/C21H14N2O3/c24-19-15-9-5-4-6-13(15)10-11-16(19)20(25)17-12-22-21(26)23-18(17)14-7-2-1-3-8-14/h1-12,24H,(H,22,23,26). The van der Waals surface area contributed by atoms with Gasteiger partial charge in [0, 0.05) is 11.6 Å². The van der Waals surface area contributed by atoms with Crippen LogP contribution in [0.5, 0.6) is 5.75 Å². The zero-order valence-corrected chi connectivity index (χ0v) is 13.6. The highest BCUT2D eigenvalue weighted by Crippen LogP contribution is 2.31. The summed E-state index contributed by atoms with van der Waals surface area (Å²) in [4.78, 5) is 31.1. The molecule has 0 spiro atoms. The van der Waals surface area contributed by atoms with Crippen molar-refractivity contribution in [3.8, 4) is 17.0 Å². The predicted octanol–water partition coefficient (Wildman–Crippen LogP) is 3.53. The molecule has 126 valence electrons. The Morgan fingerprint density at radius 1 is 0.885 bits per heavy atom. The van der Waals surface area contributed by atoms with Gasteiger partial charge in [0.1, 0.15) is 5.75 Å². The third-order valence-corrected chi connectivity index (χ3v) is 4.26. The van der Waals surface area contributed by atoms with Gasteiger partial charge in [-0.3, -0.25) is 4.79 Å². The first kappa shape index (κ1) is 15.8. The Kier molecular flexibility index (Phi) is 3.82. The summed E-state index contributed by atoms with van der Waals surface area (Å²) in [5.41, 5.74) is 0.915. The number of hydrogen-bond acceptors (Lipinski definition) is 4. The van der Waals surface area contributed by atoms with Crippen molar-refractivity contribution in [1.82, 2.24) is 9.97 Å². The van der Waals surface area contributed by atoms with Gasteiger partial charge in [0.2, 0.25) is 0 Å². The van der Waals surface area contributed by atoms with Gasteiger partial charge in [0.05, 0.1) is 16.8 Å². The van der Waals surface area contributed by atoms with Crippen LogP contribution in [0.2, 0.25) is 0 Å². The monoisotopic (exact) mass is 342 g/mol. The maximum Gasteiger partial charge on any atom is 0.345 e. The number of rotatable bonds is 3. The molecule has 4 rings (SSSR count). The fourth-order valence-electron chi connectivity index (χ4n) is 2.98. The molecule has 3 aromatic carbocycles. The van der Waals surface area contributed by atoms with E-state index in [4.69, 9.17) is 0 Å². The lowest BCUT2D eigenvalue weighted by atomic mass is 9.96. The number of hydrogen-bond donors (Lipinski definition) is 2. The Morgan fingerprint density at radius 3 is 2.42 bits per heavy atom. The van der Waals surface area contributed by atoms with Crippen LogP contribution < -0.4 is 5.69 Å². The van der Waals surface area contributed by atoms with Gasteiger partial charge in [-0.15, -0.1) is 0 Å². The minimum Gasteiger partial charge on any atom is -0.507 e. The number of carbonyl (C=O) groups excluding carboxylic acids is 1. The van der Waals surface area contributed by atoms with Crippen LogP contribution in [-0.4, -0.2) is 20.9 Å². The second kappa shape index (κ2) is 6.29. The van der Waals surface area contributed by atoms with Crippen molar-refractivity contribution in [3.63, 3.8) is 0 Å². The first-order valence-corrected chi connectivity index (χ1v) is 8.05. The number of H-pyrrole nitrogens is 1. The largest absolute Gasteiger partial charge is 0.507 e. The third kappa shape index (κ3) is 2.65. The van der Waals surface area contributed by atoms with E-state index in [1.54, 1.807) is 36.4 Å². The molecule has 4 aromatic rings. The van der Waals surface area contributed by atoms with Crippen LogP contribution >= 0.6 is 0 Å². The van der Waals surface area contributed by atoms with E-state index in [9.17, 15) is 14.7 Å². The molecule has 5 nitrogen and oxygen atoms in total. The van der Waals surface area contributed by atoms with E-state index in [0.29, 0.717) is 16.6 Å². The average Bonchev–Trinajstić information content (AvgIpc) is 2.69. The molecule has 0 amide bonds. The first-order chi connectivity index (χ1) is 12.6. The lowest BCUT2D eigenvalue weighted by Crippen LogP contribution is -2.16. The zero-order valence-electron chi connectivity index (χ0n) is 13.6. The summed E-state index contributed by atoms with van der Waals surface area (Å²) in [7, 11) is 0. The molecule has 0 saturated heterocycles. The van der Waals surface area contributed by atoms with E-state index >= 15 is 0 Å². The summed E-state index contributed by atoms with van der Waals surface area (Å²) >= 11 is 0. The molecule has 0 saturated carbocycles. The van der Waals surface area contributed by atoms with Gasteiger partial charge in [-0.2, -0.15) is 0 Å². The number of ketones is 1. The molecule has 2 N–H and O–H groups in total. The van der Waals surface area contributed by atoms with Crippen LogP contribution in [0.25, 0.3) is 22.0 Å². The summed E-state index contributed by atoms with van der Waals surface area (Å²) < 4.78 is 0. The molecule has 0 radical (unpaired) electrons. The molecule has 5 heteroatoms. The van der Waals surface area contributed by atoms with Gasteiger partial charge in [-0.05, 0) is 17.0 Å². The molecule has 1 heterocycles. The summed E-state index contributed by atoms with van der Waals surface area (Å²) in [6.07, 6.45) is 1.25. The van der Waals surface area contributed by atoms with Gasteiger partial charge in [-0.1, -0.05) is 60.7 Å². The molecular formula is C21H14N2O3. The zero-order chi connectivity index (χ0) is 18.1. The molecule has 1 aromatic heterocycles. The number of aromatic nitrogens is 2. The highest BCUT2D eigenvalue weighted by Gasteiger charge is 2.20. The maximum absolute atomic E-state index is 13.1. The van der Waals surface area contributed by atoms with Gasteiger partial charge in [0.15, 0.2) is 5.78 Å². The van der Waals surface area contributed by atoms with Gasteiger partial charge in [-0.25, -0.2) is 9.78 Å². The minimum absolute atomic E-state index is 0.0849. The SMILES string of the molecule is O=C(c1cnc(=O)[nH]c1-c1ccccc1)c1ccc2ccccc2c1O. The average molecular weight is 342 g/mol. The number of fused-ring (bicyclic) bond motifs is 1. The Labute approximate surface area is 148 Å². The van der Waals surface area contributed by atoms with E-state index in [1.807, 2.05) is 30.3 Å². The molecule has 0 fully saturated rings. The maximum atomic E-state index is 13.1. The molecule has 26 heavy (non-hydrogen) atoms. The van der Waals surface area contributed by atoms with Crippen molar-refractivity contribution in [3.05, 3.63) is 94.5 Å². The number of aromatic hydroxyl groups is 1. The van der Waals surface area contributed by atoms with Crippen molar-refractivity contribution in [1.29, 1.82) is 0 Å². The van der Waals surface area contributed by atoms with Gasteiger partial charge < -0.3 is 10.1 Å². The Bertz CT molecular complexity index is 1180. The first-order valence-electron chi connectivity index (χ1n) is 8.05. The van der Waals surface area contributed by atoms with Crippen molar-refractivity contribution in [2.45, 2.75) is 0 Å². The van der Waals surface area contributed by atoms with Crippen LogP contribution in [0.1, 0.15) is 15.9 Å². The number of nitrogens with zero attached hydrogens (tertiary/aromatic N) is 1. The highest BCUT2D eigenvalue weighted by atomic mass is 16.3. The van der Waals surface area contributed by atoms with Crippen LogP contribution in [0.3, 0.4) is 0 Å². The molecule has 0 aliphatic rings. The van der Waals surface area contributed by atoms with E-state index in [1.165, 1.54) is 6.20 Å². The topological polar surface area (TPSA) is 83.0 Å². The van der Waals surface area contributed by atoms with Crippen LogP contribution in [0, 0.1) is 0 Å². The van der Waals surface area contributed by atoms with E-state index < -0.39 is 11.5 Å². The van der Waals surface area contributed by atoms with Crippen LogP contribution in [0.15, 0.2) is 77.7 Å². The summed E-state index contributed by atoms with van der Waals surface area (Å²) in [5, 5.41) is 12.0. The number of phenols is 1. The second-order valence-electron chi connectivity index (χ2n) is 5.86. The fourth-order valence-corrected chi connectivity index (χ4v) is 2.98. The van der Waals surface area contributed by atoms with Crippen molar-refractivity contribution < 1.29 is 9.90 Å². The molecule has 0 aliphatic carbocycles. The number of aromatic amines is 1. The summed E-state index contributed by atoms with van der Waals surface area (Å²) in [5.74, 6) is -0.492. The second-order valence-corrected chi connectivity index (χ2v) is 5.86. The number of phenolic OH excluding ortho intramolecular Hbond substituents is 1.